The van der Waals surface area contributed by atoms with Crippen LogP contribution in [0.1, 0.15) is 25.7 Å². The van der Waals surface area contributed by atoms with Crippen LogP contribution in [0.5, 0.6) is 0 Å². The van der Waals surface area contributed by atoms with Gasteiger partial charge in [0.25, 0.3) is 0 Å². The fourth-order valence-corrected chi connectivity index (χ4v) is 3.31. The molecule has 1 saturated carbocycles. The molecule has 1 aliphatic rings. The third-order valence-corrected chi connectivity index (χ3v) is 4.92. The van der Waals surface area contributed by atoms with Gasteiger partial charge in [-0.2, -0.15) is 9.97 Å². The van der Waals surface area contributed by atoms with Gasteiger partial charge in [0.05, 0.1) is 0 Å². The van der Waals surface area contributed by atoms with Gasteiger partial charge in [-0.1, -0.05) is 16.8 Å². The molecular formula is C17H21ClN8. The molecule has 26 heavy (non-hydrogen) atoms. The highest BCUT2D eigenvalue weighted by Gasteiger charge is 2.20. The molecular weight excluding hydrogens is 352 g/mol. The number of nitrogens with one attached hydrogen (secondary N) is 2. The van der Waals surface area contributed by atoms with E-state index in [1.807, 2.05) is 31.3 Å². The summed E-state index contributed by atoms with van der Waals surface area (Å²) < 4.78 is 1.64. The highest BCUT2D eigenvalue weighted by Crippen LogP contribution is 2.26. The summed E-state index contributed by atoms with van der Waals surface area (Å²) in [6, 6.07) is 8.06. The van der Waals surface area contributed by atoms with Crippen molar-refractivity contribution in [3.8, 4) is 0 Å². The Morgan fingerprint density at radius 2 is 1.85 bits per heavy atom. The maximum Gasteiger partial charge on any atom is 0.227 e. The number of nitrogens with two attached hydrogens (primary N) is 1. The summed E-state index contributed by atoms with van der Waals surface area (Å²) >= 11 is 5.96. The average molecular weight is 373 g/mol. The summed E-state index contributed by atoms with van der Waals surface area (Å²) in [5.41, 5.74) is 8.16. The standard InChI is InChI=1S/C17H21ClN8/c1-26-16-14(24-25-26)15(20-12-6-2-10(18)3-7-12)22-17(23-16)21-13-8-4-11(19)5-9-13/h2-3,6-7,11,13H,4-5,8-9,19H2,1H3,(H2,20,21,22,23). The van der Waals surface area contributed by atoms with Crippen molar-refractivity contribution < 1.29 is 0 Å². The third-order valence-electron chi connectivity index (χ3n) is 4.66. The van der Waals surface area contributed by atoms with E-state index in [0.717, 1.165) is 31.4 Å². The van der Waals surface area contributed by atoms with Crippen molar-refractivity contribution in [1.82, 2.24) is 25.0 Å². The van der Waals surface area contributed by atoms with Crippen molar-refractivity contribution in [3.05, 3.63) is 29.3 Å². The highest BCUT2D eigenvalue weighted by atomic mass is 35.5. The van der Waals surface area contributed by atoms with Crippen LogP contribution >= 0.6 is 11.6 Å². The Hall–Kier alpha value is -2.45. The fourth-order valence-electron chi connectivity index (χ4n) is 3.18. The van der Waals surface area contributed by atoms with Crippen molar-refractivity contribution in [2.45, 2.75) is 37.8 Å². The molecule has 1 aliphatic carbocycles. The Bertz CT molecular complexity index is 899. The van der Waals surface area contributed by atoms with E-state index in [2.05, 4.69) is 30.9 Å². The first-order chi connectivity index (χ1) is 12.6. The number of halogens is 1. The molecule has 0 unspecified atom stereocenters. The van der Waals surface area contributed by atoms with E-state index in [0.29, 0.717) is 40.0 Å². The van der Waals surface area contributed by atoms with E-state index in [1.54, 1.807) is 4.68 Å². The fraction of sp³-hybridized carbons (Fsp3) is 0.412. The minimum Gasteiger partial charge on any atom is -0.351 e. The number of anilines is 3. The maximum absolute atomic E-state index is 5.99. The van der Waals surface area contributed by atoms with Crippen LogP contribution in [0.3, 0.4) is 0 Å². The smallest absolute Gasteiger partial charge is 0.227 e. The molecule has 9 heteroatoms. The maximum atomic E-state index is 5.99. The van der Waals surface area contributed by atoms with Crippen molar-refractivity contribution in [3.63, 3.8) is 0 Å². The molecule has 3 aromatic rings. The number of aromatic nitrogens is 5. The molecule has 136 valence electrons. The van der Waals surface area contributed by atoms with Crippen molar-refractivity contribution in [2.75, 3.05) is 10.6 Å². The minimum atomic E-state index is 0.305. The monoisotopic (exact) mass is 372 g/mol. The zero-order valence-corrected chi connectivity index (χ0v) is 15.2. The lowest BCUT2D eigenvalue weighted by Gasteiger charge is -2.26. The summed E-state index contributed by atoms with van der Waals surface area (Å²) in [6.07, 6.45) is 4.07. The van der Waals surface area contributed by atoms with Gasteiger partial charge in [-0.05, 0) is 49.9 Å². The zero-order chi connectivity index (χ0) is 18.1. The first kappa shape index (κ1) is 17.0. The van der Waals surface area contributed by atoms with Crippen LogP contribution in [-0.2, 0) is 7.05 Å². The number of hydrogen-bond acceptors (Lipinski definition) is 7. The van der Waals surface area contributed by atoms with Gasteiger partial charge in [-0.25, -0.2) is 4.68 Å². The van der Waals surface area contributed by atoms with Crippen LogP contribution in [0.15, 0.2) is 24.3 Å². The Labute approximate surface area is 156 Å². The zero-order valence-electron chi connectivity index (χ0n) is 14.5. The van der Waals surface area contributed by atoms with Gasteiger partial charge in [-0.15, -0.1) is 5.10 Å². The molecule has 8 nitrogen and oxygen atoms in total. The Balaban J connectivity index is 1.64. The second-order valence-corrected chi connectivity index (χ2v) is 7.11. The molecule has 0 amide bonds. The molecule has 0 atom stereocenters. The Kier molecular flexibility index (Phi) is 4.60. The predicted octanol–water partition coefficient (Wildman–Crippen LogP) is 2.84. The summed E-state index contributed by atoms with van der Waals surface area (Å²) in [6.45, 7) is 0. The topological polar surface area (TPSA) is 107 Å². The first-order valence-corrected chi connectivity index (χ1v) is 9.08. The van der Waals surface area contributed by atoms with Gasteiger partial charge < -0.3 is 16.4 Å². The quantitative estimate of drug-likeness (QED) is 0.646. The summed E-state index contributed by atoms with van der Waals surface area (Å²) in [5, 5.41) is 15.7. The van der Waals surface area contributed by atoms with E-state index in [9.17, 15) is 0 Å². The van der Waals surface area contributed by atoms with Crippen LogP contribution < -0.4 is 16.4 Å². The molecule has 2 aromatic heterocycles. The van der Waals surface area contributed by atoms with Crippen molar-refractivity contribution >= 4 is 40.2 Å². The van der Waals surface area contributed by atoms with Crippen LogP contribution in [0, 0.1) is 0 Å². The lowest BCUT2D eigenvalue weighted by molar-refractivity contribution is 0.410. The first-order valence-electron chi connectivity index (χ1n) is 8.70. The molecule has 2 heterocycles. The molecule has 4 N–H and O–H groups in total. The van der Waals surface area contributed by atoms with Crippen molar-refractivity contribution in [1.29, 1.82) is 0 Å². The molecule has 0 bridgehead atoms. The second-order valence-electron chi connectivity index (χ2n) is 6.67. The normalized spacial score (nSPS) is 20.3. The number of nitrogens with zero attached hydrogens (tertiary/aromatic N) is 5. The number of rotatable bonds is 4. The van der Waals surface area contributed by atoms with E-state index in [1.165, 1.54) is 0 Å². The molecule has 4 rings (SSSR count). The number of hydrogen-bond donors (Lipinski definition) is 3. The van der Waals surface area contributed by atoms with Gasteiger partial charge in [0.15, 0.2) is 17.0 Å². The predicted molar refractivity (Wildman–Crippen MR) is 103 cm³/mol. The summed E-state index contributed by atoms with van der Waals surface area (Å²) in [5.74, 6) is 1.18. The van der Waals surface area contributed by atoms with Crippen LogP contribution in [0.2, 0.25) is 5.02 Å². The molecule has 0 saturated heterocycles. The van der Waals surface area contributed by atoms with Crippen LogP contribution in [0.4, 0.5) is 17.5 Å². The molecule has 1 aromatic carbocycles. The molecule has 0 radical (unpaired) electrons. The van der Waals surface area contributed by atoms with E-state index < -0.39 is 0 Å². The second kappa shape index (κ2) is 7.05. The van der Waals surface area contributed by atoms with Gasteiger partial charge in [0.1, 0.15) is 0 Å². The minimum absolute atomic E-state index is 0.305. The number of fused-ring (bicyclic) bond motifs is 1. The SMILES string of the molecule is Cn1nnc2c(Nc3ccc(Cl)cc3)nc(NC3CCC(N)CC3)nc21. The van der Waals surface area contributed by atoms with E-state index in [-0.39, 0.29) is 0 Å². The van der Waals surface area contributed by atoms with Crippen LogP contribution in [0.25, 0.3) is 11.2 Å². The van der Waals surface area contributed by atoms with Gasteiger partial charge in [0, 0.05) is 29.8 Å². The molecule has 1 fully saturated rings. The van der Waals surface area contributed by atoms with Crippen molar-refractivity contribution in [2.24, 2.45) is 12.8 Å². The van der Waals surface area contributed by atoms with Gasteiger partial charge in [-0.3, -0.25) is 0 Å². The van der Waals surface area contributed by atoms with Gasteiger partial charge >= 0.3 is 0 Å². The third kappa shape index (κ3) is 3.56. The van der Waals surface area contributed by atoms with E-state index in [4.69, 9.17) is 17.3 Å². The Morgan fingerprint density at radius 3 is 2.58 bits per heavy atom. The highest BCUT2D eigenvalue weighted by molar-refractivity contribution is 6.30. The molecule has 0 aliphatic heterocycles. The largest absolute Gasteiger partial charge is 0.351 e. The van der Waals surface area contributed by atoms with Crippen LogP contribution in [-0.4, -0.2) is 37.0 Å². The van der Waals surface area contributed by atoms with E-state index >= 15 is 0 Å². The average Bonchev–Trinajstić information content (AvgIpc) is 3.00. The number of aryl methyl sites for hydroxylation is 1. The number of benzene rings is 1. The summed E-state index contributed by atoms with van der Waals surface area (Å²) in [7, 11) is 1.82. The van der Waals surface area contributed by atoms with Gasteiger partial charge in [0.2, 0.25) is 5.95 Å². The summed E-state index contributed by atoms with van der Waals surface area (Å²) in [4.78, 5) is 9.22. The molecule has 0 spiro atoms. The lowest BCUT2D eigenvalue weighted by Crippen LogP contribution is -2.33. The lowest BCUT2D eigenvalue weighted by atomic mass is 9.92. The Morgan fingerprint density at radius 1 is 1.12 bits per heavy atom.